The molecular formula is C23H17BrNO5P. The molecule has 0 spiro atoms. The van der Waals surface area contributed by atoms with Gasteiger partial charge in [-0.2, -0.15) is 0 Å². The molecule has 0 saturated carbocycles. The molecule has 156 valence electrons. The summed E-state index contributed by atoms with van der Waals surface area (Å²) in [4.78, 5) is 11.0. The van der Waals surface area contributed by atoms with Crippen LogP contribution in [-0.4, -0.2) is 4.92 Å². The standard InChI is InChI=1S/C23H17BrNO5P/c1-16-8-7-13-21(25(26)27)23(16)30-31(28,17-9-3-2-4-10-17)29-22-15-14-20(24)18-11-5-6-12-19(18)22/h2-15H,1H3/t31-/m0/s1. The third kappa shape index (κ3) is 4.20. The second-order valence-corrected chi connectivity index (χ2v) is 9.52. The molecule has 0 aliphatic heterocycles. The maximum absolute atomic E-state index is 14.1. The van der Waals surface area contributed by atoms with Crippen LogP contribution < -0.4 is 14.4 Å². The Balaban J connectivity index is 1.87. The van der Waals surface area contributed by atoms with E-state index >= 15 is 0 Å². The highest BCUT2D eigenvalue weighted by Crippen LogP contribution is 2.51. The van der Waals surface area contributed by atoms with Gasteiger partial charge in [0.05, 0.1) is 10.2 Å². The number of nitrogens with zero attached hydrogens (tertiary/aromatic N) is 1. The van der Waals surface area contributed by atoms with Crippen LogP contribution in [0, 0.1) is 17.0 Å². The summed E-state index contributed by atoms with van der Waals surface area (Å²) >= 11 is 3.51. The summed E-state index contributed by atoms with van der Waals surface area (Å²) in [5.74, 6) is 0.267. The Hall–Kier alpha value is -3.15. The van der Waals surface area contributed by atoms with Crippen LogP contribution in [0.4, 0.5) is 5.69 Å². The number of halogens is 1. The molecule has 0 N–H and O–H groups in total. The van der Waals surface area contributed by atoms with Crippen molar-refractivity contribution in [2.75, 3.05) is 0 Å². The number of hydrogen-bond donors (Lipinski definition) is 0. The monoisotopic (exact) mass is 497 g/mol. The van der Waals surface area contributed by atoms with Crippen LogP contribution in [0.3, 0.4) is 0 Å². The molecule has 8 heteroatoms. The average Bonchev–Trinajstić information content (AvgIpc) is 2.78. The van der Waals surface area contributed by atoms with Crippen molar-refractivity contribution in [1.29, 1.82) is 0 Å². The number of rotatable bonds is 6. The van der Waals surface area contributed by atoms with E-state index in [9.17, 15) is 14.7 Å². The van der Waals surface area contributed by atoms with Gasteiger partial charge >= 0.3 is 13.3 Å². The summed E-state index contributed by atoms with van der Waals surface area (Å²) in [7, 11) is -4.05. The summed E-state index contributed by atoms with van der Waals surface area (Å²) in [5, 5.41) is 13.5. The quantitative estimate of drug-likeness (QED) is 0.166. The van der Waals surface area contributed by atoms with Gasteiger partial charge in [0, 0.05) is 15.9 Å². The van der Waals surface area contributed by atoms with E-state index in [1.807, 2.05) is 24.3 Å². The number of nitro groups is 1. The summed E-state index contributed by atoms with van der Waals surface area (Å²) < 4.78 is 26.9. The van der Waals surface area contributed by atoms with Gasteiger partial charge in [0.2, 0.25) is 5.75 Å². The minimum absolute atomic E-state index is 0.0823. The van der Waals surface area contributed by atoms with Gasteiger partial charge < -0.3 is 9.05 Å². The fraction of sp³-hybridized carbons (Fsp3) is 0.0435. The fourth-order valence-electron chi connectivity index (χ4n) is 3.20. The largest absolute Gasteiger partial charge is 0.463 e. The van der Waals surface area contributed by atoms with Crippen LogP contribution in [-0.2, 0) is 4.57 Å². The number of benzene rings is 4. The Kier molecular flexibility index (Phi) is 5.81. The highest BCUT2D eigenvalue weighted by Gasteiger charge is 2.35. The lowest BCUT2D eigenvalue weighted by Gasteiger charge is -2.22. The van der Waals surface area contributed by atoms with E-state index in [1.54, 1.807) is 61.5 Å². The number of nitro benzene ring substituents is 1. The first-order chi connectivity index (χ1) is 14.9. The smallest absolute Gasteiger partial charge is 0.412 e. The zero-order valence-corrected chi connectivity index (χ0v) is 18.9. The van der Waals surface area contributed by atoms with Crippen molar-refractivity contribution < 1.29 is 18.5 Å². The van der Waals surface area contributed by atoms with E-state index in [1.165, 1.54) is 6.07 Å². The van der Waals surface area contributed by atoms with E-state index in [0.717, 1.165) is 15.2 Å². The average molecular weight is 498 g/mol. The molecule has 0 heterocycles. The molecule has 1 atom stereocenters. The van der Waals surface area contributed by atoms with Crippen LogP contribution in [0.25, 0.3) is 10.8 Å². The Bertz CT molecular complexity index is 1330. The normalized spacial score (nSPS) is 12.8. The lowest BCUT2D eigenvalue weighted by Crippen LogP contribution is -2.15. The lowest BCUT2D eigenvalue weighted by molar-refractivity contribution is -0.385. The third-order valence-corrected chi connectivity index (χ3v) is 7.20. The number of para-hydroxylation sites is 1. The van der Waals surface area contributed by atoms with Gasteiger partial charge in [0.15, 0.2) is 0 Å². The zero-order valence-electron chi connectivity index (χ0n) is 16.4. The van der Waals surface area contributed by atoms with Crippen molar-refractivity contribution in [1.82, 2.24) is 0 Å². The second kappa shape index (κ2) is 8.53. The summed E-state index contributed by atoms with van der Waals surface area (Å²) in [6.45, 7) is 1.66. The molecule has 0 amide bonds. The predicted molar refractivity (Wildman–Crippen MR) is 124 cm³/mol. The molecule has 0 fully saturated rings. The van der Waals surface area contributed by atoms with Gasteiger partial charge in [-0.25, -0.2) is 4.57 Å². The molecule has 4 aromatic rings. The molecule has 0 aliphatic carbocycles. The minimum atomic E-state index is -4.05. The summed E-state index contributed by atoms with van der Waals surface area (Å²) in [6.07, 6.45) is 0. The zero-order chi connectivity index (χ0) is 22.0. The van der Waals surface area contributed by atoms with E-state index in [-0.39, 0.29) is 11.4 Å². The maximum Gasteiger partial charge on any atom is 0.463 e. The molecule has 0 saturated heterocycles. The highest BCUT2D eigenvalue weighted by atomic mass is 79.9. The number of fused-ring (bicyclic) bond motifs is 1. The van der Waals surface area contributed by atoms with Gasteiger partial charge in [0.1, 0.15) is 5.75 Å². The summed E-state index contributed by atoms with van der Waals surface area (Å²) in [5.41, 5.74) is 0.204. The first kappa shape index (κ1) is 21.1. The highest BCUT2D eigenvalue weighted by molar-refractivity contribution is 9.10. The number of hydrogen-bond acceptors (Lipinski definition) is 5. The Morgan fingerprint density at radius 1 is 0.839 bits per heavy atom. The summed E-state index contributed by atoms with van der Waals surface area (Å²) in [6, 6.07) is 23.9. The molecule has 0 unspecified atom stereocenters. The first-order valence-corrected chi connectivity index (χ1v) is 11.7. The molecule has 0 bridgehead atoms. The minimum Gasteiger partial charge on any atom is -0.412 e. The van der Waals surface area contributed by atoms with Crippen LogP contribution in [0.5, 0.6) is 11.5 Å². The molecule has 0 aliphatic rings. The Morgan fingerprint density at radius 3 is 2.23 bits per heavy atom. The van der Waals surface area contributed by atoms with E-state index < -0.39 is 12.5 Å². The van der Waals surface area contributed by atoms with Crippen molar-refractivity contribution in [3.05, 3.63) is 105 Å². The van der Waals surface area contributed by atoms with Gasteiger partial charge in [0.25, 0.3) is 0 Å². The van der Waals surface area contributed by atoms with Crippen LogP contribution in [0.1, 0.15) is 5.56 Å². The van der Waals surface area contributed by atoms with E-state index in [2.05, 4.69) is 15.9 Å². The fourth-order valence-corrected chi connectivity index (χ4v) is 5.36. The van der Waals surface area contributed by atoms with E-state index in [4.69, 9.17) is 9.05 Å². The topological polar surface area (TPSA) is 78.7 Å². The van der Waals surface area contributed by atoms with Crippen molar-refractivity contribution in [3.63, 3.8) is 0 Å². The van der Waals surface area contributed by atoms with Crippen molar-refractivity contribution >= 4 is 45.3 Å². The lowest BCUT2D eigenvalue weighted by atomic mass is 10.1. The van der Waals surface area contributed by atoms with Gasteiger partial charge in [-0.15, -0.1) is 0 Å². The molecule has 4 rings (SSSR count). The second-order valence-electron chi connectivity index (χ2n) is 6.79. The van der Waals surface area contributed by atoms with Crippen LogP contribution in [0.15, 0.2) is 89.4 Å². The van der Waals surface area contributed by atoms with Gasteiger partial charge in [-0.1, -0.05) is 70.5 Å². The van der Waals surface area contributed by atoms with Crippen molar-refractivity contribution in [3.8, 4) is 11.5 Å². The predicted octanol–water partition coefficient (Wildman–Crippen LogP) is 6.80. The van der Waals surface area contributed by atoms with Gasteiger partial charge in [-0.05, 0) is 42.1 Å². The molecule has 31 heavy (non-hydrogen) atoms. The van der Waals surface area contributed by atoms with E-state index in [0.29, 0.717) is 16.6 Å². The van der Waals surface area contributed by atoms with Crippen LogP contribution in [0.2, 0.25) is 0 Å². The SMILES string of the molecule is Cc1cccc([N+](=O)[O-])c1O[P@@](=O)(Oc1ccc(Br)c2ccccc12)c1ccccc1. The third-order valence-electron chi connectivity index (χ3n) is 4.72. The Labute approximate surface area is 187 Å². The Morgan fingerprint density at radius 2 is 1.52 bits per heavy atom. The van der Waals surface area contributed by atoms with Crippen molar-refractivity contribution in [2.24, 2.45) is 0 Å². The molecule has 6 nitrogen and oxygen atoms in total. The first-order valence-electron chi connectivity index (χ1n) is 9.35. The van der Waals surface area contributed by atoms with Crippen LogP contribution >= 0.6 is 23.5 Å². The molecule has 0 radical (unpaired) electrons. The van der Waals surface area contributed by atoms with Crippen molar-refractivity contribution in [2.45, 2.75) is 6.92 Å². The van der Waals surface area contributed by atoms with Gasteiger partial charge in [-0.3, -0.25) is 10.1 Å². The molecule has 4 aromatic carbocycles. The molecular weight excluding hydrogens is 481 g/mol. The molecule has 0 aromatic heterocycles. The number of aryl methyl sites for hydroxylation is 1. The maximum atomic E-state index is 14.1.